The fourth-order valence-electron chi connectivity index (χ4n) is 4.62. The third-order valence-corrected chi connectivity index (χ3v) is 6.18. The largest absolute Gasteiger partial charge is 0.393 e. The summed E-state index contributed by atoms with van der Waals surface area (Å²) in [6.45, 7) is 1.90. The summed E-state index contributed by atoms with van der Waals surface area (Å²) < 4.78 is 39.8. The minimum absolute atomic E-state index is 0. The molecule has 2 bridgehead atoms. The van der Waals surface area contributed by atoms with Gasteiger partial charge in [-0.3, -0.25) is 10.2 Å². The molecular formula is C20H23ClF3N7O. The van der Waals surface area contributed by atoms with Crippen molar-refractivity contribution in [3.8, 4) is 0 Å². The van der Waals surface area contributed by atoms with Crippen LogP contribution in [0.15, 0.2) is 30.7 Å². The second-order valence-electron chi connectivity index (χ2n) is 8.12. The molecule has 3 aliphatic heterocycles. The van der Waals surface area contributed by atoms with E-state index in [2.05, 4.69) is 25.2 Å². The van der Waals surface area contributed by atoms with E-state index in [0.717, 1.165) is 18.7 Å². The number of halogens is 4. The number of alkyl halides is 3. The molecule has 32 heavy (non-hydrogen) atoms. The van der Waals surface area contributed by atoms with Crippen LogP contribution in [0.4, 0.5) is 41.1 Å². The lowest BCUT2D eigenvalue weighted by molar-refractivity contribution is -0.176. The van der Waals surface area contributed by atoms with Crippen LogP contribution in [0.3, 0.4) is 0 Å². The monoisotopic (exact) mass is 469 g/mol. The molecule has 2 fully saturated rings. The fraction of sp³-hybridized carbons (Fsp3) is 0.500. The Kier molecular flexibility index (Phi) is 6.02. The molecule has 2 saturated heterocycles. The number of hydrogen-bond donors (Lipinski definition) is 1. The van der Waals surface area contributed by atoms with Crippen molar-refractivity contribution < 1.29 is 18.0 Å². The van der Waals surface area contributed by atoms with E-state index < -0.39 is 12.1 Å². The molecule has 2 unspecified atom stereocenters. The Morgan fingerprint density at radius 1 is 1.09 bits per heavy atom. The molecule has 0 saturated carbocycles. The highest BCUT2D eigenvalue weighted by Gasteiger charge is 2.43. The van der Waals surface area contributed by atoms with Crippen molar-refractivity contribution in [3.63, 3.8) is 0 Å². The highest BCUT2D eigenvalue weighted by atomic mass is 35.5. The van der Waals surface area contributed by atoms with Crippen LogP contribution in [-0.4, -0.2) is 59.4 Å². The molecule has 5 rings (SSSR count). The molecule has 0 aliphatic carbocycles. The first-order valence-corrected chi connectivity index (χ1v) is 10.3. The Morgan fingerprint density at radius 2 is 1.94 bits per heavy atom. The van der Waals surface area contributed by atoms with Gasteiger partial charge in [0.15, 0.2) is 5.82 Å². The van der Waals surface area contributed by atoms with E-state index >= 15 is 0 Å². The highest BCUT2D eigenvalue weighted by Crippen LogP contribution is 2.41. The molecule has 0 aromatic carbocycles. The van der Waals surface area contributed by atoms with E-state index in [1.54, 1.807) is 21.9 Å². The van der Waals surface area contributed by atoms with Crippen molar-refractivity contribution in [1.29, 1.82) is 0 Å². The van der Waals surface area contributed by atoms with Crippen molar-refractivity contribution in [3.05, 3.63) is 30.7 Å². The molecule has 5 heterocycles. The lowest BCUT2D eigenvalue weighted by Crippen LogP contribution is -2.48. The molecule has 2 amide bonds. The number of carbonyl (C=O) groups is 1. The number of nitrogens with zero attached hydrogens (tertiary/aromatic N) is 6. The van der Waals surface area contributed by atoms with E-state index in [1.807, 2.05) is 6.07 Å². The maximum Gasteiger partial charge on any atom is 0.393 e. The molecule has 172 valence electrons. The summed E-state index contributed by atoms with van der Waals surface area (Å²) in [5.74, 6) is -0.0414. The number of carbonyl (C=O) groups excluding carboxylic acids is 1. The molecule has 2 atom stereocenters. The SMILES string of the molecule is Cl.O=C(Nc1ccncn1)N1c2nc(N3CCCC(C(F)(F)F)C3)ccc2N2CCC1C2. The number of fused-ring (bicyclic) bond motifs is 4. The van der Waals surface area contributed by atoms with E-state index in [1.165, 1.54) is 12.5 Å². The molecule has 12 heteroatoms. The number of pyridine rings is 1. The van der Waals surface area contributed by atoms with Crippen LogP contribution in [0.25, 0.3) is 0 Å². The minimum Gasteiger partial charge on any atom is -0.366 e. The zero-order chi connectivity index (χ0) is 21.6. The van der Waals surface area contributed by atoms with E-state index in [9.17, 15) is 18.0 Å². The Morgan fingerprint density at radius 3 is 2.69 bits per heavy atom. The van der Waals surface area contributed by atoms with E-state index in [4.69, 9.17) is 0 Å². The summed E-state index contributed by atoms with van der Waals surface area (Å²) in [5.41, 5.74) is 0.819. The topological polar surface area (TPSA) is 77.5 Å². The Bertz CT molecular complexity index is 977. The number of rotatable bonds is 2. The molecule has 0 radical (unpaired) electrons. The van der Waals surface area contributed by atoms with Gasteiger partial charge in [0.2, 0.25) is 0 Å². The molecule has 2 aromatic heterocycles. The molecule has 8 nitrogen and oxygen atoms in total. The first-order chi connectivity index (χ1) is 14.9. The average Bonchev–Trinajstić information content (AvgIpc) is 3.18. The summed E-state index contributed by atoms with van der Waals surface area (Å²) in [4.78, 5) is 31.2. The summed E-state index contributed by atoms with van der Waals surface area (Å²) in [6.07, 6.45) is 0.0441. The number of amides is 2. The highest BCUT2D eigenvalue weighted by molar-refractivity contribution is 6.04. The van der Waals surface area contributed by atoms with Gasteiger partial charge in [0.05, 0.1) is 17.6 Å². The third kappa shape index (κ3) is 4.13. The van der Waals surface area contributed by atoms with Gasteiger partial charge >= 0.3 is 12.2 Å². The van der Waals surface area contributed by atoms with Crippen molar-refractivity contribution in [2.24, 2.45) is 5.92 Å². The Hall–Kier alpha value is -2.82. The first kappa shape index (κ1) is 22.4. The van der Waals surface area contributed by atoms with Crippen LogP contribution in [0.1, 0.15) is 19.3 Å². The quantitative estimate of drug-likeness (QED) is 0.722. The number of aromatic nitrogens is 3. The van der Waals surface area contributed by atoms with Gasteiger partial charge in [-0.15, -0.1) is 12.4 Å². The van der Waals surface area contributed by atoms with Crippen molar-refractivity contribution in [2.45, 2.75) is 31.5 Å². The van der Waals surface area contributed by atoms with Crippen molar-refractivity contribution in [1.82, 2.24) is 15.0 Å². The average molecular weight is 470 g/mol. The van der Waals surface area contributed by atoms with E-state index in [0.29, 0.717) is 37.0 Å². The molecule has 1 N–H and O–H groups in total. The summed E-state index contributed by atoms with van der Waals surface area (Å²) in [5, 5.41) is 2.78. The van der Waals surface area contributed by atoms with Gasteiger partial charge in [0.25, 0.3) is 0 Å². The molecular weight excluding hydrogens is 447 g/mol. The van der Waals surface area contributed by atoms with Crippen molar-refractivity contribution >= 4 is 41.6 Å². The summed E-state index contributed by atoms with van der Waals surface area (Å²) in [6, 6.07) is 4.81. The lowest BCUT2D eigenvalue weighted by Gasteiger charge is -2.38. The van der Waals surface area contributed by atoms with Crippen LogP contribution < -0.4 is 20.0 Å². The smallest absolute Gasteiger partial charge is 0.366 e. The lowest BCUT2D eigenvalue weighted by atomic mass is 9.97. The van der Waals surface area contributed by atoms with Gasteiger partial charge in [-0.2, -0.15) is 13.2 Å². The van der Waals surface area contributed by atoms with Gasteiger partial charge in [-0.05, 0) is 37.5 Å². The molecule has 2 aromatic rings. The van der Waals surface area contributed by atoms with Gasteiger partial charge < -0.3 is 9.80 Å². The van der Waals surface area contributed by atoms with Gasteiger partial charge in [0, 0.05) is 32.4 Å². The summed E-state index contributed by atoms with van der Waals surface area (Å²) >= 11 is 0. The Balaban J connectivity index is 0.00000245. The second kappa shape index (κ2) is 8.61. The zero-order valence-electron chi connectivity index (χ0n) is 17.1. The van der Waals surface area contributed by atoms with Gasteiger partial charge in [-0.25, -0.2) is 19.7 Å². The maximum atomic E-state index is 13.3. The standard InChI is InChI=1S/C20H22F3N7O.ClH/c21-20(22,23)13-2-1-8-29(10-13)17-4-3-15-18(27-17)30(14-6-9-28(15)11-14)19(31)26-16-5-7-24-12-25-16;/h3-5,7,12-14H,1-2,6,8-11H2,(H,24,25,26,31);1H. The summed E-state index contributed by atoms with van der Waals surface area (Å²) in [7, 11) is 0. The normalized spacial score (nSPS) is 22.3. The second-order valence-corrected chi connectivity index (χ2v) is 8.12. The zero-order valence-corrected chi connectivity index (χ0v) is 17.9. The minimum atomic E-state index is -4.22. The third-order valence-electron chi connectivity index (χ3n) is 6.18. The number of hydrogen-bond acceptors (Lipinski definition) is 6. The van der Waals surface area contributed by atoms with Crippen LogP contribution in [0.5, 0.6) is 0 Å². The predicted molar refractivity (Wildman–Crippen MR) is 117 cm³/mol. The van der Waals surface area contributed by atoms with Crippen LogP contribution in [0.2, 0.25) is 0 Å². The number of nitrogens with one attached hydrogen (secondary N) is 1. The van der Waals surface area contributed by atoms with Gasteiger partial charge in [-0.1, -0.05) is 0 Å². The van der Waals surface area contributed by atoms with E-state index in [-0.39, 0.29) is 37.4 Å². The number of urea groups is 1. The van der Waals surface area contributed by atoms with Crippen LogP contribution in [-0.2, 0) is 0 Å². The molecule has 0 spiro atoms. The molecule has 3 aliphatic rings. The Labute approximate surface area is 189 Å². The van der Waals surface area contributed by atoms with Crippen LogP contribution in [0, 0.1) is 5.92 Å². The first-order valence-electron chi connectivity index (χ1n) is 10.3. The van der Waals surface area contributed by atoms with Crippen molar-refractivity contribution in [2.75, 3.05) is 46.2 Å². The van der Waals surface area contributed by atoms with Gasteiger partial charge in [0.1, 0.15) is 18.0 Å². The number of anilines is 4. The maximum absolute atomic E-state index is 13.3. The predicted octanol–water partition coefficient (Wildman–Crippen LogP) is 3.70. The van der Waals surface area contributed by atoms with Crippen LogP contribution >= 0.6 is 12.4 Å². The number of piperidine rings is 1. The fourth-order valence-corrected chi connectivity index (χ4v) is 4.62.